The lowest BCUT2D eigenvalue weighted by Crippen LogP contribution is -2.24. The van der Waals surface area contributed by atoms with E-state index >= 15 is 0 Å². The molecule has 1 aliphatic rings. The van der Waals surface area contributed by atoms with Gasteiger partial charge in [-0.2, -0.15) is 0 Å². The lowest BCUT2D eigenvalue weighted by Gasteiger charge is -2.17. The number of amides is 1. The number of carbonyl (C=O) groups is 2. The highest BCUT2D eigenvalue weighted by Crippen LogP contribution is 2.28. The number of thioether (sulfide) groups is 1. The van der Waals surface area contributed by atoms with E-state index in [1.165, 1.54) is 0 Å². The summed E-state index contributed by atoms with van der Waals surface area (Å²) in [5, 5.41) is 9.10. The first-order valence-corrected chi connectivity index (χ1v) is 6.92. The largest absolute Gasteiger partial charge is 0.478 e. The van der Waals surface area contributed by atoms with Crippen molar-refractivity contribution in [1.82, 2.24) is 0 Å². The van der Waals surface area contributed by atoms with Gasteiger partial charge < -0.3 is 10.0 Å². The van der Waals surface area contributed by atoms with Gasteiger partial charge in [0.25, 0.3) is 0 Å². The van der Waals surface area contributed by atoms with Crippen LogP contribution in [0.25, 0.3) is 0 Å². The smallest absolute Gasteiger partial charge is 0.335 e. The second-order valence-corrected chi connectivity index (χ2v) is 5.44. The molecule has 0 radical (unpaired) electrons. The van der Waals surface area contributed by atoms with Crippen molar-refractivity contribution in [1.29, 1.82) is 0 Å². The van der Waals surface area contributed by atoms with Gasteiger partial charge in [-0.05, 0) is 30.4 Å². The number of nitrogens with zero attached hydrogens (tertiary/aromatic N) is 1. The first kappa shape index (κ1) is 13.0. The fraction of sp³-hybridized carbons (Fsp3) is 0.385. The van der Waals surface area contributed by atoms with Crippen LogP contribution in [-0.4, -0.2) is 29.3 Å². The summed E-state index contributed by atoms with van der Waals surface area (Å²) < 4.78 is 0. The molecule has 0 aromatic heterocycles. The Kier molecular flexibility index (Phi) is 3.91. The van der Waals surface area contributed by atoms with Gasteiger partial charge in [0.05, 0.1) is 5.56 Å². The number of carbonyl (C=O) groups excluding carboxylic acids is 1. The van der Waals surface area contributed by atoms with Crippen LogP contribution in [0, 0.1) is 0 Å². The van der Waals surface area contributed by atoms with E-state index in [9.17, 15) is 9.59 Å². The predicted molar refractivity (Wildman–Crippen MR) is 71.4 cm³/mol. The van der Waals surface area contributed by atoms with Crippen molar-refractivity contribution < 1.29 is 14.7 Å². The molecule has 0 unspecified atom stereocenters. The van der Waals surface area contributed by atoms with Crippen molar-refractivity contribution in [3.05, 3.63) is 23.8 Å². The van der Waals surface area contributed by atoms with Gasteiger partial charge in [-0.25, -0.2) is 4.79 Å². The number of hydrogen-bond acceptors (Lipinski definition) is 3. The van der Waals surface area contributed by atoms with Crippen LogP contribution in [-0.2, 0) is 4.79 Å². The SMILES string of the molecule is CCSc1cc(C(=O)O)cc(N2CCCC2=O)c1. The molecule has 0 spiro atoms. The standard InChI is InChI=1S/C13H15NO3S/c1-2-18-11-7-9(13(16)17)6-10(8-11)14-5-3-4-12(14)15/h6-8H,2-5H2,1H3,(H,16,17). The molecule has 0 saturated carbocycles. The Balaban J connectivity index is 2.39. The Morgan fingerprint density at radius 1 is 1.44 bits per heavy atom. The van der Waals surface area contributed by atoms with E-state index in [1.54, 1.807) is 28.8 Å². The summed E-state index contributed by atoms with van der Waals surface area (Å²) in [5.41, 5.74) is 0.941. The maximum Gasteiger partial charge on any atom is 0.335 e. The predicted octanol–water partition coefficient (Wildman–Crippen LogP) is 2.62. The molecule has 1 saturated heterocycles. The quantitative estimate of drug-likeness (QED) is 0.850. The Morgan fingerprint density at radius 2 is 2.22 bits per heavy atom. The highest BCUT2D eigenvalue weighted by Gasteiger charge is 2.23. The van der Waals surface area contributed by atoms with Gasteiger partial charge in [0.1, 0.15) is 0 Å². The molecule has 18 heavy (non-hydrogen) atoms. The van der Waals surface area contributed by atoms with Crippen LogP contribution in [0.3, 0.4) is 0 Å². The summed E-state index contributed by atoms with van der Waals surface area (Å²) in [4.78, 5) is 25.4. The van der Waals surface area contributed by atoms with E-state index in [2.05, 4.69) is 0 Å². The summed E-state index contributed by atoms with van der Waals surface area (Å²) in [6.45, 7) is 2.69. The maximum atomic E-state index is 11.7. The third-order valence-electron chi connectivity index (χ3n) is 2.83. The van der Waals surface area contributed by atoms with Crippen molar-refractivity contribution in [2.75, 3.05) is 17.2 Å². The van der Waals surface area contributed by atoms with Gasteiger partial charge >= 0.3 is 5.97 Å². The van der Waals surface area contributed by atoms with Crippen molar-refractivity contribution in [3.8, 4) is 0 Å². The minimum absolute atomic E-state index is 0.0741. The van der Waals surface area contributed by atoms with Gasteiger partial charge in [0.15, 0.2) is 0 Å². The van der Waals surface area contributed by atoms with Crippen LogP contribution < -0.4 is 4.90 Å². The van der Waals surface area contributed by atoms with Gasteiger partial charge in [0.2, 0.25) is 5.91 Å². The highest BCUT2D eigenvalue weighted by atomic mass is 32.2. The van der Waals surface area contributed by atoms with E-state index in [4.69, 9.17) is 5.11 Å². The normalized spacial score (nSPS) is 15.2. The van der Waals surface area contributed by atoms with E-state index in [1.807, 2.05) is 13.0 Å². The molecule has 1 heterocycles. The average Bonchev–Trinajstić information content (AvgIpc) is 2.75. The molecule has 1 aromatic carbocycles. The third kappa shape index (κ3) is 2.67. The third-order valence-corrected chi connectivity index (χ3v) is 3.69. The zero-order chi connectivity index (χ0) is 13.1. The number of hydrogen-bond donors (Lipinski definition) is 1. The van der Waals surface area contributed by atoms with Gasteiger partial charge in [-0.1, -0.05) is 6.92 Å². The first-order valence-electron chi connectivity index (χ1n) is 5.93. The van der Waals surface area contributed by atoms with Crippen LogP contribution in [0.4, 0.5) is 5.69 Å². The van der Waals surface area contributed by atoms with E-state index in [0.717, 1.165) is 17.1 Å². The second kappa shape index (κ2) is 5.44. The maximum absolute atomic E-state index is 11.7. The number of benzene rings is 1. The Bertz CT molecular complexity index is 487. The fourth-order valence-electron chi connectivity index (χ4n) is 2.03. The molecule has 0 aliphatic carbocycles. The molecule has 1 N–H and O–H groups in total. The lowest BCUT2D eigenvalue weighted by atomic mass is 10.2. The second-order valence-electron chi connectivity index (χ2n) is 4.10. The summed E-state index contributed by atoms with van der Waals surface area (Å²) >= 11 is 1.58. The molecule has 0 atom stereocenters. The molecule has 1 aliphatic heterocycles. The molecule has 1 fully saturated rings. The van der Waals surface area contributed by atoms with Crippen LogP contribution in [0.2, 0.25) is 0 Å². The minimum atomic E-state index is -0.957. The highest BCUT2D eigenvalue weighted by molar-refractivity contribution is 7.99. The Hall–Kier alpha value is -1.49. The van der Waals surface area contributed by atoms with Crippen molar-refractivity contribution >= 4 is 29.3 Å². The monoisotopic (exact) mass is 265 g/mol. The number of anilines is 1. The van der Waals surface area contributed by atoms with Crippen LogP contribution in [0.5, 0.6) is 0 Å². The van der Waals surface area contributed by atoms with Crippen molar-refractivity contribution in [3.63, 3.8) is 0 Å². The van der Waals surface area contributed by atoms with Crippen LogP contribution >= 0.6 is 11.8 Å². The minimum Gasteiger partial charge on any atom is -0.478 e. The van der Waals surface area contributed by atoms with Crippen molar-refractivity contribution in [2.24, 2.45) is 0 Å². The van der Waals surface area contributed by atoms with Gasteiger partial charge in [-0.15, -0.1) is 11.8 Å². The summed E-state index contributed by atoms with van der Waals surface area (Å²) in [7, 11) is 0. The molecule has 1 aromatic rings. The lowest BCUT2D eigenvalue weighted by molar-refractivity contribution is -0.117. The van der Waals surface area contributed by atoms with Crippen molar-refractivity contribution in [2.45, 2.75) is 24.7 Å². The number of aromatic carboxylic acids is 1. The molecule has 2 rings (SSSR count). The van der Waals surface area contributed by atoms with E-state index in [-0.39, 0.29) is 11.5 Å². The first-order chi connectivity index (χ1) is 8.61. The Morgan fingerprint density at radius 3 is 2.78 bits per heavy atom. The average molecular weight is 265 g/mol. The molecule has 1 amide bonds. The molecular weight excluding hydrogens is 250 g/mol. The van der Waals surface area contributed by atoms with E-state index < -0.39 is 5.97 Å². The Labute approximate surface area is 110 Å². The number of carboxylic acid groups (broad SMARTS) is 1. The zero-order valence-electron chi connectivity index (χ0n) is 10.2. The topological polar surface area (TPSA) is 57.6 Å². The van der Waals surface area contributed by atoms with Gasteiger partial charge in [0, 0.05) is 23.5 Å². The van der Waals surface area contributed by atoms with Crippen LogP contribution in [0.1, 0.15) is 30.1 Å². The fourth-order valence-corrected chi connectivity index (χ4v) is 2.78. The molecule has 5 heteroatoms. The molecular formula is C13H15NO3S. The van der Waals surface area contributed by atoms with Crippen LogP contribution in [0.15, 0.2) is 23.1 Å². The number of rotatable bonds is 4. The zero-order valence-corrected chi connectivity index (χ0v) is 11.0. The molecule has 96 valence electrons. The summed E-state index contributed by atoms with van der Waals surface area (Å²) in [6.07, 6.45) is 1.39. The number of carboxylic acids is 1. The molecule has 4 nitrogen and oxygen atoms in total. The summed E-state index contributed by atoms with van der Waals surface area (Å²) in [5.74, 6) is -0.0114. The molecule has 0 bridgehead atoms. The van der Waals surface area contributed by atoms with E-state index in [0.29, 0.717) is 18.7 Å². The van der Waals surface area contributed by atoms with Gasteiger partial charge in [-0.3, -0.25) is 4.79 Å². The summed E-state index contributed by atoms with van der Waals surface area (Å²) in [6, 6.07) is 5.12.